The lowest BCUT2D eigenvalue weighted by atomic mass is 10.1. The van der Waals surface area contributed by atoms with E-state index in [2.05, 4.69) is 9.97 Å². The Morgan fingerprint density at radius 3 is 2.85 bits per heavy atom. The molecule has 0 atom stereocenters. The topological polar surface area (TPSA) is 75.1 Å². The smallest absolute Gasteiger partial charge is 0.278 e. The number of carbonyl (C=O) groups is 1. The Morgan fingerprint density at radius 2 is 2.31 bits per heavy atom. The van der Waals surface area contributed by atoms with Crippen molar-refractivity contribution < 1.29 is 10.0 Å². The molecule has 1 heterocycles. The second kappa shape index (κ2) is 3.95. The van der Waals surface area contributed by atoms with Gasteiger partial charge in [0.25, 0.3) is 5.91 Å². The van der Waals surface area contributed by atoms with E-state index in [4.69, 9.17) is 5.21 Å². The molecule has 0 saturated heterocycles. The zero-order chi connectivity index (χ0) is 9.84. The van der Waals surface area contributed by atoms with Crippen molar-refractivity contribution in [3.05, 3.63) is 23.8 Å². The van der Waals surface area contributed by atoms with Crippen LogP contribution in [0.1, 0.15) is 35.8 Å². The molecule has 2 N–H and O–H groups in total. The molecule has 5 heteroatoms. The highest BCUT2D eigenvalue weighted by Crippen LogP contribution is 2.14. The van der Waals surface area contributed by atoms with Gasteiger partial charge in [-0.05, 0) is 5.92 Å². The Morgan fingerprint density at radius 1 is 1.62 bits per heavy atom. The van der Waals surface area contributed by atoms with Crippen LogP contribution in [0.25, 0.3) is 0 Å². The minimum atomic E-state index is -0.579. The number of rotatable bonds is 2. The second-order valence-corrected chi connectivity index (χ2v) is 2.92. The van der Waals surface area contributed by atoms with Gasteiger partial charge in [0, 0.05) is 6.20 Å². The fourth-order valence-electron chi connectivity index (χ4n) is 1.03. The number of carbonyl (C=O) groups excluding carboxylic acids is 1. The van der Waals surface area contributed by atoms with Crippen LogP contribution in [-0.2, 0) is 0 Å². The molecule has 13 heavy (non-hydrogen) atoms. The van der Waals surface area contributed by atoms with E-state index in [0.29, 0.717) is 11.3 Å². The molecule has 1 aromatic heterocycles. The first-order valence-corrected chi connectivity index (χ1v) is 3.91. The predicted molar refractivity (Wildman–Crippen MR) is 45.4 cm³/mol. The first-order chi connectivity index (χ1) is 6.16. The van der Waals surface area contributed by atoms with Crippen LogP contribution in [0.15, 0.2) is 12.5 Å². The van der Waals surface area contributed by atoms with Crippen LogP contribution in [0.3, 0.4) is 0 Å². The van der Waals surface area contributed by atoms with Crippen LogP contribution >= 0.6 is 0 Å². The second-order valence-electron chi connectivity index (χ2n) is 2.92. The summed E-state index contributed by atoms with van der Waals surface area (Å²) in [6, 6.07) is 0. The lowest BCUT2D eigenvalue weighted by Gasteiger charge is -2.07. The van der Waals surface area contributed by atoms with Crippen LogP contribution in [0.4, 0.5) is 0 Å². The zero-order valence-corrected chi connectivity index (χ0v) is 7.48. The molecule has 0 aromatic carbocycles. The number of nitrogens with one attached hydrogen (secondary N) is 1. The minimum Gasteiger partial charge on any atom is -0.288 e. The van der Waals surface area contributed by atoms with Crippen LogP contribution in [0.2, 0.25) is 0 Å². The highest BCUT2D eigenvalue weighted by Gasteiger charge is 2.14. The van der Waals surface area contributed by atoms with Gasteiger partial charge in [-0.25, -0.2) is 15.4 Å². The maximum Gasteiger partial charge on any atom is 0.278 e. The van der Waals surface area contributed by atoms with Crippen LogP contribution in [-0.4, -0.2) is 21.1 Å². The van der Waals surface area contributed by atoms with Gasteiger partial charge in [0.05, 0.1) is 11.3 Å². The summed E-state index contributed by atoms with van der Waals surface area (Å²) in [6.07, 6.45) is 2.76. The van der Waals surface area contributed by atoms with Gasteiger partial charge in [0.1, 0.15) is 6.33 Å². The van der Waals surface area contributed by atoms with E-state index in [-0.39, 0.29) is 5.92 Å². The van der Waals surface area contributed by atoms with Gasteiger partial charge in [0.15, 0.2) is 0 Å². The molecule has 70 valence electrons. The van der Waals surface area contributed by atoms with E-state index >= 15 is 0 Å². The average molecular weight is 181 g/mol. The zero-order valence-electron chi connectivity index (χ0n) is 7.48. The molecule has 1 rings (SSSR count). The fourth-order valence-corrected chi connectivity index (χ4v) is 1.03. The van der Waals surface area contributed by atoms with Crippen molar-refractivity contribution in [1.29, 1.82) is 0 Å². The molecule has 1 amide bonds. The standard InChI is InChI=1S/C8H11N3O2/c1-5(2)7-6(8(12)11-13)3-9-4-10-7/h3-5,13H,1-2H3,(H,11,12). The molecular weight excluding hydrogens is 170 g/mol. The summed E-state index contributed by atoms with van der Waals surface area (Å²) in [5, 5.41) is 8.44. The number of amides is 1. The Kier molecular flexibility index (Phi) is 2.92. The first-order valence-electron chi connectivity index (χ1n) is 3.91. The molecule has 1 aromatic rings. The number of nitrogens with zero attached hydrogens (tertiary/aromatic N) is 2. The maximum atomic E-state index is 11.1. The normalized spacial score (nSPS) is 10.2. The van der Waals surface area contributed by atoms with E-state index in [9.17, 15) is 4.79 Å². The lowest BCUT2D eigenvalue weighted by molar-refractivity contribution is 0.0704. The summed E-state index contributed by atoms with van der Waals surface area (Å²) in [7, 11) is 0. The van der Waals surface area contributed by atoms with Crippen molar-refractivity contribution in [3.63, 3.8) is 0 Å². The SMILES string of the molecule is CC(C)c1ncncc1C(=O)NO. The summed E-state index contributed by atoms with van der Waals surface area (Å²) in [6.45, 7) is 3.83. The van der Waals surface area contributed by atoms with Gasteiger partial charge >= 0.3 is 0 Å². The van der Waals surface area contributed by atoms with Crippen molar-refractivity contribution in [1.82, 2.24) is 15.4 Å². The predicted octanol–water partition coefficient (Wildman–Crippen LogP) is 0.719. The van der Waals surface area contributed by atoms with Gasteiger partial charge in [-0.3, -0.25) is 10.0 Å². The molecule has 0 unspecified atom stereocenters. The van der Waals surface area contributed by atoms with Crippen molar-refractivity contribution in [3.8, 4) is 0 Å². The maximum absolute atomic E-state index is 11.1. The highest BCUT2D eigenvalue weighted by molar-refractivity contribution is 5.94. The van der Waals surface area contributed by atoms with E-state index < -0.39 is 5.91 Å². The quantitative estimate of drug-likeness (QED) is 0.520. The van der Waals surface area contributed by atoms with Crippen LogP contribution in [0, 0.1) is 0 Å². The van der Waals surface area contributed by atoms with Gasteiger partial charge in [0.2, 0.25) is 0 Å². The largest absolute Gasteiger partial charge is 0.288 e. The van der Waals surface area contributed by atoms with E-state index in [1.807, 2.05) is 13.8 Å². The van der Waals surface area contributed by atoms with Crippen molar-refractivity contribution in [2.24, 2.45) is 0 Å². The molecule has 0 radical (unpaired) electrons. The Balaban J connectivity index is 3.12. The van der Waals surface area contributed by atoms with E-state index in [1.54, 1.807) is 5.48 Å². The summed E-state index contributed by atoms with van der Waals surface area (Å²) >= 11 is 0. The molecule has 0 fully saturated rings. The number of hydroxylamine groups is 1. The van der Waals surface area contributed by atoms with Gasteiger partial charge in [-0.2, -0.15) is 0 Å². The Hall–Kier alpha value is -1.49. The fraction of sp³-hybridized carbons (Fsp3) is 0.375. The molecule has 0 aliphatic carbocycles. The molecule has 0 spiro atoms. The molecule has 0 saturated carbocycles. The minimum absolute atomic E-state index is 0.121. The van der Waals surface area contributed by atoms with Crippen molar-refractivity contribution >= 4 is 5.91 Å². The molecule has 0 bridgehead atoms. The first kappa shape index (κ1) is 9.60. The average Bonchev–Trinajstić information content (AvgIpc) is 2.16. The van der Waals surface area contributed by atoms with Gasteiger partial charge in [-0.15, -0.1) is 0 Å². The monoisotopic (exact) mass is 181 g/mol. The Labute approximate surface area is 75.8 Å². The third-order valence-corrected chi connectivity index (χ3v) is 1.64. The highest BCUT2D eigenvalue weighted by atomic mass is 16.5. The third-order valence-electron chi connectivity index (χ3n) is 1.64. The van der Waals surface area contributed by atoms with Gasteiger partial charge < -0.3 is 0 Å². The van der Waals surface area contributed by atoms with Crippen molar-refractivity contribution in [2.75, 3.05) is 0 Å². The van der Waals surface area contributed by atoms with Gasteiger partial charge in [-0.1, -0.05) is 13.8 Å². The summed E-state index contributed by atoms with van der Waals surface area (Å²) < 4.78 is 0. The third kappa shape index (κ3) is 2.00. The van der Waals surface area contributed by atoms with Crippen molar-refractivity contribution in [2.45, 2.75) is 19.8 Å². The number of aromatic nitrogens is 2. The number of hydrogen-bond donors (Lipinski definition) is 2. The molecule has 0 aliphatic rings. The van der Waals surface area contributed by atoms with Crippen LogP contribution < -0.4 is 5.48 Å². The summed E-state index contributed by atoms with van der Waals surface area (Å²) in [5.41, 5.74) is 2.49. The summed E-state index contributed by atoms with van der Waals surface area (Å²) in [5.74, 6) is -0.459. The summed E-state index contributed by atoms with van der Waals surface area (Å²) in [4.78, 5) is 18.8. The Bertz CT molecular complexity index is 312. The molecule has 5 nitrogen and oxygen atoms in total. The van der Waals surface area contributed by atoms with E-state index in [0.717, 1.165) is 0 Å². The van der Waals surface area contributed by atoms with Crippen LogP contribution in [0.5, 0.6) is 0 Å². The molecular formula is C8H11N3O2. The number of hydrogen-bond acceptors (Lipinski definition) is 4. The molecule has 0 aliphatic heterocycles. The lowest BCUT2D eigenvalue weighted by Crippen LogP contribution is -2.21. The van der Waals surface area contributed by atoms with E-state index in [1.165, 1.54) is 12.5 Å².